The number of hydrogen-bond donors (Lipinski definition) is 3. The van der Waals surface area contributed by atoms with Crippen LogP contribution < -0.4 is 17.1 Å². The van der Waals surface area contributed by atoms with Crippen LogP contribution in [-0.4, -0.2) is 87.6 Å². The van der Waals surface area contributed by atoms with Crippen molar-refractivity contribution in [2.45, 2.75) is 78.5 Å². The molecule has 0 fully saturated rings. The van der Waals surface area contributed by atoms with Crippen LogP contribution in [-0.2, 0) is 62.4 Å². The molecule has 0 bridgehead atoms. The second-order valence-corrected chi connectivity index (χ2v) is 9.85. The van der Waals surface area contributed by atoms with Gasteiger partial charge in [0.05, 0.1) is 58.7 Å². The van der Waals surface area contributed by atoms with Crippen LogP contribution in [0.25, 0.3) is 0 Å². The van der Waals surface area contributed by atoms with Crippen LogP contribution in [0.4, 0.5) is 0 Å². The molecule has 1 aromatic heterocycles. The highest BCUT2D eigenvalue weighted by Gasteiger charge is 2.18. The molecular formula is C24H39N3O12S3. The van der Waals surface area contributed by atoms with Crippen LogP contribution in [0.15, 0.2) is 14.4 Å². The number of nitrogens with zero attached hydrogens (tertiary/aromatic N) is 3. The molecule has 0 spiro atoms. The van der Waals surface area contributed by atoms with Gasteiger partial charge in [-0.25, -0.2) is 28.1 Å². The number of hydrogen-bond acceptors (Lipinski definition) is 15. The van der Waals surface area contributed by atoms with Gasteiger partial charge in [0.15, 0.2) is 18.9 Å². The van der Waals surface area contributed by atoms with Gasteiger partial charge in [0.2, 0.25) is 0 Å². The van der Waals surface area contributed by atoms with Gasteiger partial charge in [-0.3, -0.25) is 14.4 Å². The van der Waals surface area contributed by atoms with Crippen molar-refractivity contribution < 1.29 is 42.8 Å². The number of carbonyl (C=O) groups is 3. The fraction of sp³-hybridized carbons (Fsp3) is 0.750. The molecule has 0 saturated carbocycles. The molecule has 0 N–H and O–H groups in total. The van der Waals surface area contributed by atoms with Crippen molar-refractivity contribution in [2.75, 3.05) is 37.1 Å². The maximum Gasteiger partial charge on any atom is 0.336 e. The van der Waals surface area contributed by atoms with Crippen LogP contribution in [0.3, 0.4) is 0 Å². The van der Waals surface area contributed by atoms with Crippen molar-refractivity contribution in [3.63, 3.8) is 0 Å². The molecule has 0 aliphatic heterocycles. The Labute approximate surface area is 258 Å². The average molecular weight is 658 g/mol. The van der Waals surface area contributed by atoms with E-state index in [-0.39, 0.29) is 58.7 Å². The first kappa shape index (κ1) is 37.8. The molecule has 0 aromatic carbocycles. The van der Waals surface area contributed by atoms with Crippen LogP contribution in [0.2, 0.25) is 0 Å². The topological polar surface area (TPSA) is 173 Å². The fourth-order valence-electron chi connectivity index (χ4n) is 3.29. The van der Waals surface area contributed by atoms with E-state index in [1.165, 1.54) is 20.8 Å². The van der Waals surface area contributed by atoms with Crippen molar-refractivity contribution in [3.8, 4) is 0 Å². The summed E-state index contributed by atoms with van der Waals surface area (Å²) < 4.78 is 33.7. The minimum absolute atomic E-state index is 0.0795. The number of carbonyl (C=O) groups excluding carboxylic acids is 3. The van der Waals surface area contributed by atoms with Gasteiger partial charge in [-0.15, -0.1) is 0 Å². The largest absolute Gasteiger partial charge is 0.436 e. The van der Waals surface area contributed by atoms with Crippen molar-refractivity contribution >= 4 is 55.8 Å². The molecule has 0 radical (unpaired) electrons. The van der Waals surface area contributed by atoms with E-state index in [0.717, 1.165) is 13.7 Å². The van der Waals surface area contributed by atoms with Crippen LogP contribution in [0, 0.1) is 0 Å². The zero-order valence-electron chi connectivity index (χ0n) is 23.8. The molecule has 0 saturated heterocycles. The third-order valence-electron chi connectivity index (χ3n) is 5.23. The lowest BCUT2D eigenvalue weighted by atomic mass is 10.5. The van der Waals surface area contributed by atoms with Crippen molar-refractivity contribution in [2.24, 2.45) is 0 Å². The third-order valence-corrected chi connectivity index (χ3v) is 5.90. The number of aromatic nitrogens is 3. The van der Waals surface area contributed by atoms with Crippen LogP contribution in [0.5, 0.6) is 0 Å². The van der Waals surface area contributed by atoms with Crippen molar-refractivity contribution in [1.82, 2.24) is 13.7 Å². The Morgan fingerprint density at radius 3 is 1.00 bits per heavy atom. The first-order valence-electron chi connectivity index (χ1n) is 13.1. The van der Waals surface area contributed by atoms with E-state index in [0.29, 0.717) is 17.3 Å². The Hall–Kier alpha value is -2.25. The first-order valence-corrected chi connectivity index (χ1v) is 15.0. The Morgan fingerprint density at radius 2 is 0.786 bits per heavy atom. The maximum absolute atomic E-state index is 13.1. The maximum atomic E-state index is 13.1. The molecular weight excluding hydrogens is 618 g/mol. The van der Waals surface area contributed by atoms with E-state index in [4.69, 9.17) is 28.4 Å². The van der Waals surface area contributed by atoms with Gasteiger partial charge in [0, 0.05) is 17.3 Å². The standard InChI is InChI=1S/C24H39N3O12S3/c1-16(37-19(28)4-13-40)34-10-7-25-22(31)26(8-11-35-17(2)38-20(29)5-14-41)24(33)27(23(25)32)9-12-36-18(3)39-21(30)6-15-42/h16-18,40-42H,4-15H2,1-3H3. The van der Waals surface area contributed by atoms with E-state index in [9.17, 15) is 28.8 Å². The monoisotopic (exact) mass is 657 g/mol. The predicted octanol–water partition coefficient (Wildman–Crippen LogP) is -0.151. The van der Waals surface area contributed by atoms with Crippen molar-refractivity contribution in [3.05, 3.63) is 31.5 Å². The second-order valence-electron chi connectivity index (χ2n) is 8.51. The molecule has 0 aliphatic rings. The second kappa shape index (κ2) is 20.6. The van der Waals surface area contributed by atoms with E-state index >= 15 is 0 Å². The summed E-state index contributed by atoms with van der Waals surface area (Å²) in [5.74, 6) is -0.694. The summed E-state index contributed by atoms with van der Waals surface area (Å²) in [4.78, 5) is 74.2. The number of rotatable bonds is 21. The highest BCUT2D eigenvalue weighted by Crippen LogP contribution is 2.01. The zero-order chi connectivity index (χ0) is 31.7. The summed E-state index contributed by atoms with van der Waals surface area (Å²) in [6.45, 7) is 2.99. The summed E-state index contributed by atoms with van der Waals surface area (Å²) in [6.07, 6.45) is -2.63. The van der Waals surface area contributed by atoms with E-state index in [2.05, 4.69) is 37.9 Å². The van der Waals surface area contributed by atoms with E-state index < -0.39 is 53.8 Å². The quantitative estimate of drug-likeness (QED) is 0.0692. The lowest BCUT2D eigenvalue weighted by Crippen LogP contribution is -2.55. The van der Waals surface area contributed by atoms with Crippen molar-refractivity contribution in [1.29, 1.82) is 0 Å². The van der Waals surface area contributed by atoms with Gasteiger partial charge in [-0.2, -0.15) is 37.9 Å². The minimum Gasteiger partial charge on any atom is -0.436 e. The number of ether oxygens (including phenoxy) is 6. The van der Waals surface area contributed by atoms with Gasteiger partial charge in [0.1, 0.15) is 0 Å². The van der Waals surface area contributed by atoms with Gasteiger partial charge in [0.25, 0.3) is 0 Å². The Morgan fingerprint density at radius 1 is 0.548 bits per heavy atom. The smallest absolute Gasteiger partial charge is 0.336 e. The summed E-state index contributed by atoms with van der Waals surface area (Å²) in [6, 6.07) is 0. The lowest BCUT2D eigenvalue weighted by Gasteiger charge is -2.18. The normalized spacial score (nSPS) is 13.3. The molecule has 3 atom stereocenters. The molecule has 240 valence electrons. The highest BCUT2D eigenvalue weighted by atomic mass is 32.1. The zero-order valence-corrected chi connectivity index (χ0v) is 26.5. The molecule has 3 unspecified atom stereocenters. The molecule has 18 heteroatoms. The van der Waals surface area contributed by atoms with Gasteiger partial charge in [-0.05, 0) is 20.8 Å². The van der Waals surface area contributed by atoms with E-state index in [1.807, 2.05) is 0 Å². The first-order chi connectivity index (χ1) is 19.9. The molecule has 42 heavy (non-hydrogen) atoms. The number of thiol groups is 3. The molecule has 1 heterocycles. The Bertz CT molecular complexity index is 1010. The highest BCUT2D eigenvalue weighted by molar-refractivity contribution is 7.80. The van der Waals surface area contributed by atoms with Crippen LogP contribution >= 0.6 is 37.9 Å². The summed E-state index contributed by atoms with van der Waals surface area (Å²) in [5, 5.41) is 0. The molecule has 0 aliphatic carbocycles. The Balaban J connectivity index is 3.08. The lowest BCUT2D eigenvalue weighted by molar-refractivity contribution is -0.175. The molecule has 1 rings (SSSR count). The van der Waals surface area contributed by atoms with Gasteiger partial charge >= 0.3 is 35.0 Å². The third kappa shape index (κ3) is 13.8. The predicted molar refractivity (Wildman–Crippen MR) is 159 cm³/mol. The van der Waals surface area contributed by atoms with Crippen LogP contribution in [0.1, 0.15) is 40.0 Å². The van der Waals surface area contributed by atoms with Gasteiger partial charge < -0.3 is 28.4 Å². The summed E-state index contributed by atoms with van der Waals surface area (Å²) >= 11 is 11.9. The van der Waals surface area contributed by atoms with Gasteiger partial charge in [-0.1, -0.05) is 0 Å². The van der Waals surface area contributed by atoms with E-state index in [1.54, 1.807) is 0 Å². The number of esters is 3. The summed E-state index contributed by atoms with van der Waals surface area (Å²) in [7, 11) is 0. The molecule has 15 nitrogen and oxygen atoms in total. The average Bonchev–Trinajstić information content (AvgIpc) is 2.90. The fourth-order valence-corrected chi connectivity index (χ4v) is 3.84. The minimum atomic E-state index is -0.957. The molecule has 1 aromatic rings. The SMILES string of the molecule is CC(OCCn1c(=O)n(CCOC(C)OC(=O)CCS)c(=O)n(CCOC(C)OC(=O)CCS)c1=O)OC(=O)CCS. The summed E-state index contributed by atoms with van der Waals surface area (Å²) in [5.41, 5.74) is -2.78. The molecule has 0 amide bonds. The Kier molecular flexibility index (Phi) is 18.5.